The fraction of sp³-hybridized carbons (Fsp3) is 0.538. The molecule has 0 aliphatic heterocycles. The van der Waals surface area contributed by atoms with Crippen LogP contribution in [0.2, 0.25) is 0 Å². The van der Waals surface area contributed by atoms with Gasteiger partial charge in [-0.2, -0.15) is 0 Å². The number of hydrogen-bond donors (Lipinski definition) is 3. The van der Waals surface area contributed by atoms with Crippen molar-refractivity contribution in [1.82, 2.24) is 4.90 Å². The lowest BCUT2D eigenvalue weighted by atomic mass is 10.1. The van der Waals surface area contributed by atoms with Gasteiger partial charge in [0.05, 0.1) is 17.0 Å². The summed E-state index contributed by atoms with van der Waals surface area (Å²) in [5.41, 5.74) is 7.85. The van der Waals surface area contributed by atoms with E-state index >= 15 is 0 Å². The van der Waals surface area contributed by atoms with Gasteiger partial charge in [0.2, 0.25) is 0 Å². The Labute approximate surface area is 103 Å². The molecule has 4 N–H and O–H groups in total. The maximum absolute atomic E-state index is 10.2. The molecule has 4 heteroatoms. The highest BCUT2D eigenvalue weighted by atomic mass is 16.3. The van der Waals surface area contributed by atoms with Crippen molar-refractivity contribution in [3.8, 4) is 0 Å². The van der Waals surface area contributed by atoms with Gasteiger partial charge in [0.25, 0.3) is 0 Å². The largest absolute Gasteiger partial charge is 0.397 e. The summed E-state index contributed by atoms with van der Waals surface area (Å²) in [6, 6.07) is 5.85. The number of aliphatic hydroxyl groups is 1. The normalized spacial score (nSPS) is 14.7. The third-order valence-corrected chi connectivity index (χ3v) is 2.64. The smallest absolute Gasteiger partial charge is 0.0917 e. The molecular formula is C13H23N3O. The van der Waals surface area contributed by atoms with Crippen molar-refractivity contribution >= 4 is 11.4 Å². The van der Waals surface area contributed by atoms with E-state index in [1.807, 2.05) is 51.0 Å². The third-order valence-electron chi connectivity index (χ3n) is 2.64. The average Bonchev–Trinajstić information content (AvgIpc) is 2.18. The summed E-state index contributed by atoms with van der Waals surface area (Å²) in [6.45, 7) is 4.86. The molecule has 0 aliphatic carbocycles. The summed E-state index contributed by atoms with van der Waals surface area (Å²) in [4.78, 5) is 1.96. The van der Waals surface area contributed by atoms with Crippen LogP contribution in [0.15, 0.2) is 18.2 Å². The number of hydrogen-bond acceptors (Lipinski definition) is 4. The minimum Gasteiger partial charge on any atom is -0.397 e. The molecule has 4 nitrogen and oxygen atoms in total. The number of likely N-dealkylation sites (N-methyl/N-ethyl adjacent to an activating group) is 1. The van der Waals surface area contributed by atoms with E-state index in [2.05, 4.69) is 5.32 Å². The molecule has 1 rings (SSSR count). The minimum atomic E-state index is -0.778. The highest BCUT2D eigenvalue weighted by Gasteiger charge is 2.21. The summed E-state index contributed by atoms with van der Waals surface area (Å²) in [5, 5.41) is 13.4. The number of nitrogens with two attached hydrogens (primary N) is 1. The zero-order chi connectivity index (χ0) is 13.1. The maximum atomic E-state index is 10.2. The van der Waals surface area contributed by atoms with E-state index in [0.717, 1.165) is 16.9 Å². The molecule has 0 aromatic heterocycles. The van der Waals surface area contributed by atoms with Gasteiger partial charge in [-0.25, -0.2) is 0 Å². The summed E-state index contributed by atoms with van der Waals surface area (Å²) in [6.07, 6.45) is 0. The molecule has 1 aromatic rings. The van der Waals surface area contributed by atoms with Crippen LogP contribution in [0, 0.1) is 6.92 Å². The topological polar surface area (TPSA) is 61.5 Å². The van der Waals surface area contributed by atoms with Crippen LogP contribution in [0.4, 0.5) is 11.4 Å². The first-order valence-corrected chi connectivity index (χ1v) is 5.78. The number of anilines is 2. The van der Waals surface area contributed by atoms with Crippen LogP contribution >= 0.6 is 0 Å². The first-order valence-electron chi connectivity index (χ1n) is 5.78. The molecule has 0 radical (unpaired) electrons. The highest BCUT2D eigenvalue weighted by Crippen LogP contribution is 2.22. The molecule has 0 fully saturated rings. The van der Waals surface area contributed by atoms with E-state index in [9.17, 15) is 5.11 Å². The van der Waals surface area contributed by atoms with Gasteiger partial charge in [-0.3, -0.25) is 0 Å². The Morgan fingerprint density at radius 1 is 1.41 bits per heavy atom. The standard InChI is InChI=1S/C13H23N3O/c1-10-6-5-7-11(12(10)14)15-8-13(2,17)9-16(3)4/h5-7,15,17H,8-9,14H2,1-4H3. The van der Waals surface area contributed by atoms with E-state index in [1.165, 1.54) is 0 Å². The second-order valence-corrected chi connectivity index (χ2v) is 5.12. The molecule has 1 unspecified atom stereocenters. The molecule has 0 saturated heterocycles. The van der Waals surface area contributed by atoms with Gasteiger partial charge in [-0.15, -0.1) is 0 Å². The first kappa shape index (κ1) is 13.8. The van der Waals surface area contributed by atoms with E-state index < -0.39 is 5.60 Å². The van der Waals surface area contributed by atoms with E-state index in [0.29, 0.717) is 13.1 Å². The van der Waals surface area contributed by atoms with Crippen LogP contribution in [0.25, 0.3) is 0 Å². The van der Waals surface area contributed by atoms with Gasteiger partial charge < -0.3 is 21.1 Å². The van der Waals surface area contributed by atoms with Crippen LogP contribution in [0.1, 0.15) is 12.5 Å². The van der Waals surface area contributed by atoms with Crippen molar-refractivity contribution in [2.45, 2.75) is 19.4 Å². The summed E-state index contributed by atoms with van der Waals surface area (Å²) in [7, 11) is 3.88. The highest BCUT2D eigenvalue weighted by molar-refractivity contribution is 5.69. The molecule has 1 atom stereocenters. The molecule has 1 aromatic carbocycles. The van der Waals surface area contributed by atoms with Crippen LogP contribution in [-0.4, -0.2) is 42.8 Å². The lowest BCUT2D eigenvalue weighted by molar-refractivity contribution is 0.0460. The van der Waals surface area contributed by atoms with Crippen molar-refractivity contribution in [2.75, 3.05) is 38.2 Å². The van der Waals surface area contributed by atoms with Crippen molar-refractivity contribution in [1.29, 1.82) is 0 Å². The number of rotatable bonds is 5. The third kappa shape index (κ3) is 4.24. The Morgan fingerprint density at radius 2 is 2.06 bits per heavy atom. The van der Waals surface area contributed by atoms with Crippen LogP contribution in [0.3, 0.4) is 0 Å². The molecular weight excluding hydrogens is 214 g/mol. The molecule has 96 valence electrons. The summed E-state index contributed by atoms with van der Waals surface area (Å²) in [5.74, 6) is 0. The fourth-order valence-electron chi connectivity index (χ4n) is 1.86. The lowest BCUT2D eigenvalue weighted by Gasteiger charge is -2.28. The van der Waals surface area contributed by atoms with Crippen molar-refractivity contribution in [2.24, 2.45) is 0 Å². The predicted molar refractivity (Wildman–Crippen MR) is 73.3 cm³/mol. The second-order valence-electron chi connectivity index (χ2n) is 5.12. The van der Waals surface area contributed by atoms with Crippen LogP contribution < -0.4 is 11.1 Å². The van der Waals surface area contributed by atoms with Gasteiger partial charge in [-0.1, -0.05) is 12.1 Å². The van der Waals surface area contributed by atoms with E-state index in [-0.39, 0.29) is 0 Å². The molecule has 0 heterocycles. The summed E-state index contributed by atoms with van der Waals surface area (Å²) >= 11 is 0. The Hall–Kier alpha value is -1.26. The molecule has 0 aliphatic rings. The number of nitrogens with one attached hydrogen (secondary N) is 1. The van der Waals surface area contributed by atoms with Crippen molar-refractivity contribution in [3.05, 3.63) is 23.8 Å². The van der Waals surface area contributed by atoms with E-state index in [4.69, 9.17) is 5.73 Å². The number of nitrogen functional groups attached to an aromatic ring is 1. The predicted octanol–water partition coefficient (Wildman–Crippen LogP) is 1.30. The van der Waals surface area contributed by atoms with Crippen LogP contribution in [-0.2, 0) is 0 Å². The van der Waals surface area contributed by atoms with Gasteiger partial charge in [-0.05, 0) is 39.6 Å². The number of nitrogens with zero attached hydrogens (tertiary/aromatic N) is 1. The fourth-order valence-corrected chi connectivity index (χ4v) is 1.86. The van der Waals surface area contributed by atoms with E-state index in [1.54, 1.807) is 0 Å². The minimum absolute atomic E-state index is 0.471. The molecule has 0 saturated carbocycles. The van der Waals surface area contributed by atoms with Gasteiger partial charge in [0.1, 0.15) is 0 Å². The van der Waals surface area contributed by atoms with Crippen molar-refractivity contribution in [3.63, 3.8) is 0 Å². The van der Waals surface area contributed by atoms with Gasteiger partial charge >= 0.3 is 0 Å². The van der Waals surface area contributed by atoms with Crippen LogP contribution in [0.5, 0.6) is 0 Å². The van der Waals surface area contributed by atoms with Gasteiger partial charge in [0, 0.05) is 13.1 Å². The zero-order valence-electron chi connectivity index (χ0n) is 11.1. The monoisotopic (exact) mass is 237 g/mol. The second kappa shape index (κ2) is 5.38. The quantitative estimate of drug-likeness (QED) is 0.676. The molecule has 0 spiro atoms. The SMILES string of the molecule is Cc1cccc(NCC(C)(O)CN(C)C)c1N. The number of para-hydroxylation sites is 1. The zero-order valence-corrected chi connectivity index (χ0v) is 11.1. The lowest BCUT2D eigenvalue weighted by Crippen LogP contribution is -2.43. The molecule has 0 amide bonds. The first-order chi connectivity index (χ1) is 7.82. The number of aryl methyl sites for hydroxylation is 1. The molecule has 17 heavy (non-hydrogen) atoms. The van der Waals surface area contributed by atoms with Gasteiger partial charge in [0.15, 0.2) is 0 Å². The summed E-state index contributed by atoms with van der Waals surface area (Å²) < 4.78 is 0. The average molecular weight is 237 g/mol. The number of benzene rings is 1. The molecule has 0 bridgehead atoms. The Bertz CT molecular complexity index is 375. The Kier molecular flexibility index (Phi) is 4.37. The Morgan fingerprint density at radius 3 is 2.65 bits per heavy atom. The van der Waals surface area contributed by atoms with Crippen molar-refractivity contribution < 1.29 is 5.11 Å². The Balaban J connectivity index is 2.64. The maximum Gasteiger partial charge on any atom is 0.0917 e.